The number of hydrogen-bond donors (Lipinski definition) is 2. The lowest BCUT2D eigenvalue weighted by molar-refractivity contribution is 0.0995. The van der Waals surface area contributed by atoms with Gasteiger partial charge in [-0.2, -0.15) is 0 Å². The van der Waals surface area contributed by atoms with Crippen molar-refractivity contribution >= 4 is 11.5 Å². The van der Waals surface area contributed by atoms with E-state index in [1.165, 1.54) is 16.8 Å². The van der Waals surface area contributed by atoms with Crippen molar-refractivity contribution in [3.8, 4) is 11.3 Å². The van der Waals surface area contributed by atoms with E-state index in [9.17, 15) is 9.59 Å². The quantitative estimate of drug-likeness (QED) is 0.385. The minimum Gasteiger partial charge on any atom is -0.383 e. The van der Waals surface area contributed by atoms with E-state index in [2.05, 4.69) is 15.3 Å². The highest BCUT2D eigenvalue weighted by Gasteiger charge is 2.14. The molecule has 0 unspecified atom stereocenters. The van der Waals surface area contributed by atoms with Crippen LogP contribution >= 0.6 is 0 Å². The van der Waals surface area contributed by atoms with E-state index in [0.29, 0.717) is 30.0 Å². The Labute approximate surface area is 180 Å². The smallest absolute Gasteiger partial charge is 0.250 e. The first-order chi connectivity index (χ1) is 15.0. The van der Waals surface area contributed by atoms with Gasteiger partial charge in [-0.3, -0.25) is 14.6 Å². The van der Waals surface area contributed by atoms with E-state index in [1.807, 2.05) is 31.3 Å². The van der Waals surface area contributed by atoms with Crippen LogP contribution in [0, 0.1) is 5.41 Å². The molecule has 3 rings (SSSR count). The van der Waals surface area contributed by atoms with Gasteiger partial charge in [0.15, 0.2) is 5.78 Å². The molecule has 8 nitrogen and oxygen atoms in total. The highest BCUT2D eigenvalue weighted by Crippen LogP contribution is 2.16. The zero-order chi connectivity index (χ0) is 22.2. The van der Waals surface area contributed by atoms with Gasteiger partial charge in [-0.1, -0.05) is 24.3 Å². The maximum absolute atomic E-state index is 12.7. The lowest BCUT2D eigenvalue weighted by Crippen LogP contribution is -2.20. The lowest BCUT2D eigenvalue weighted by atomic mass is 10.0. The van der Waals surface area contributed by atoms with Crippen LogP contribution in [0.5, 0.6) is 0 Å². The predicted octanol–water partition coefficient (Wildman–Crippen LogP) is 2.31. The molecular weight excluding hydrogens is 394 g/mol. The molecule has 8 heteroatoms. The van der Waals surface area contributed by atoms with Gasteiger partial charge in [-0.05, 0) is 24.2 Å². The summed E-state index contributed by atoms with van der Waals surface area (Å²) in [5.74, 6) is -0.286. The SMILES string of the molecule is CNCc1ccc(C(=N)CC(=O)c2cncc(-c3ccc(=O)n(CCOC)c3)n2)cc1. The summed E-state index contributed by atoms with van der Waals surface area (Å²) < 4.78 is 6.56. The van der Waals surface area contributed by atoms with Crippen LogP contribution in [-0.4, -0.2) is 46.8 Å². The van der Waals surface area contributed by atoms with Crippen molar-refractivity contribution < 1.29 is 9.53 Å². The number of nitrogens with zero attached hydrogens (tertiary/aromatic N) is 3. The standard InChI is InChI=1S/C23H25N5O3/c1-25-12-16-3-5-17(6-4-16)19(24)11-22(29)21-14-26-13-20(27-21)18-7-8-23(30)28(15-18)9-10-31-2/h3-8,13-15,24-25H,9-12H2,1-2H3. The van der Waals surface area contributed by atoms with Crippen LogP contribution in [0.3, 0.4) is 0 Å². The monoisotopic (exact) mass is 419 g/mol. The minimum atomic E-state index is -0.286. The third kappa shape index (κ3) is 5.78. The van der Waals surface area contributed by atoms with E-state index in [-0.39, 0.29) is 29.2 Å². The van der Waals surface area contributed by atoms with Gasteiger partial charge in [0.1, 0.15) is 5.69 Å². The molecule has 0 aliphatic rings. The minimum absolute atomic E-state index is 0.0726. The van der Waals surface area contributed by atoms with Crippen molar-refractivity contribution in [2.45, 2.75) is 19.5 Å². The van der Waals surface area contributed by atoms with Gasteiger partial charge >= 0.3 is 0 Å². The summed E-state index contributed by atoms with van der Waals surface area (Å²) >= 11 is 0. The predicted molar refractivity (Wildman–Crippen MR) is 119 cm³/mol. The number of methoxy groups -OCH3 is 1. The lowest BCUT2D eigenvalue weighted by Gasteiger charge is -2.09. The fourth-order valence-electron chi connectivity index (χ4n) is 3.07. The molecule has 0 bridgehead atoms. The Morgan fingerprint density at radius 1 is 1.16 bits per heavy atom. The molecule has 2 aromatic heterocycles. The first kappa shape index (κ1) is 22.2. The van der Waals surface area contributed by atoms with Crippen LogP contribution in [-0.2, 0) is 17.8 Å². The van der Waals surface area contributed by atoms with E-state index in [4.69, 9.17) is 10.1 Å². The number of Topliss-reactive ketones (excluding diaryl/α,β-unsaturated/α-hetero) is 1. The third-order valence-corrected chi connectivity index (χ3v) is 4.76. The van der Waals surface area contributed by atoms with Gasteiger partial charge in [0.25, 0.3) is 5.56 Å². The second kappa shape index (κ2) is 10.5. The number of carbonyl (C=O) groups is 1. The summed E-state index contributed by atoms with van der Waals surface area (Å²) in [4.78, 5) is 33.3. The molecule has 2 heterocycles. The van der Waals surface area contributed by atoms with Crippen LogP contribution in [0.2, 0.25) is 0 Å². The highest BCUT2D eigenvalue weighted by molar-refractivity contribution is 6.13. The molecule has 0 amide bonds. The number of nitrogens with one attached hydrogen (secondary N) is 2. The molecule has 1 aromatic carbocycles. The van der Waals surface area contributed by atoms with Crippen LogP contribution < -0.4 is 10.9 Å². The molecular formula is C23H25N5O3. The Kier molecular flexibility index (Phi) is 7.53. The van der Waals surface area contributed by atoms with Gasteiger partial charge in [0.05, 0.1) is 31.1 Å². The fourth-order valence-corrected chi connectivity index (χ4v) is 3.07. The maximum Gasteiger partial charge on any atom is 0.250 e. The Morgan fingerprint density at radius 3 is 2.65 bits per heavy atom. The van der Waals surface area contributed by atoms with E-state index in [0.717, 1.165) is 12.1 Å². The molecule has 0 aliphatic carbocycles. The topological polar surface area (TPSA) is 110 Å². The first-order valence-corrected chi connectivity index (χ1v) is 9.88. The number of hydrogen-bond acceptors (Lipinski definition) is 7. The zero-order valence-corrected chi connectivity index (χ0v) is 17.6. The molecule has 0 saturated carbocycles. The molecule has 0 saturated heterocycles. The molecule has 0 fully saturated rings. The van der Waals surface area contributed by atoms with Gasteiger partial charge in [-0.25, -0.2) is 4.98 Å². The summed E-state index contributed by atoms with van der Waals surface area (Å²) in [5.41, 5.74) is 3.23. The number of rotatable bonds is 10. The van der Waals surface area contributed by atoms with Gasteiger partial charge in [0.2, 0.25) is 0 Å². The zero-order valence-electron chi connectivity index (χ0n) is 17.6. The Morgan fingerprint density at radius 2 is 1.94 bits per heavy atom. The maximum atomic E-state index is 12.7. The molecule has 0 atom stereocenters. The van der Waals surface area contributed by atoms with Gasteiger partial charge in [0, 0.05) is 43.7 Å². The normalized spacial score (nSPS) is 10.8. The summed E-state index contributed by atoms with van der Waals surface area (Å²) in [6.07, 6.45) is 4.55. The van der Waals surface area contributed by atoms with Crippen molar-refractivity contribution in [2.75, 3.05) is 20.8 Å². The van der Waals surface area contributed by atoms with Gasteiger partial charge < -0.3 is 20.0 Å². The third-order valence-electron chi connectivity index (χ3n) is 4.76. The molecule has 0 aliphatic heterocycles. The number of ether oxygens (including phenoxy) is 1. The van der Waals surface area contributed by atoms with Crippen molar-refractivity contribution in [2.24, 2.45) is 0 Å². The Bertz CT molecular complexity index is 1120. The van der Waals surface area contributed by atoms with Crippen LogP contribution in [0.15, 0.2) is 59.8 Å². The summed E-state index contributed by atoms with van der Waals surface area (Å²) in [6, 6.07) is 10.7. The second-order valence-electron chi connectivity index (χ2n) is 7.04. The number of pyridine rings is 1. The molecule has 0 spiro atoms. The van der Waals surface area contributed by atoms with E-state index < -0.39 is 0 Å². The van der Waals surface area contributed by atoms with Gasteiger partial charge in [-0.15, -0.1) is 0 Å². The Hall–Kier alpha value is -3.49. The van der Waals surface area contributed by atoms with E-state index in [1.54, 1.807) is 25.6 Å². The van der Waals surface area contributed by atoms with Crippen molar-refractivity contribution in [1.82, 2.24) is 19.9 Å². The number of benzene rings is 1. The second-order valence-corrected chi connectivity index (χ2v) is 7.04. The molecule has 31 heavy (non-hydrogen) atoms. The Balaban J connectivity index is 1.75. The van der Waals surface area contributed by atoms with E-state index >= 15 is 0 Å². The average molecular weight is 419 g/mol. The van der Waals surface area contributed by atoms with Crippen LogP contribution in [0.1, 0.15) is 28.0 Å². The number of ketones is 1. The molecule has 3 aromatic rings. The van der Waals surface area contributed by atoms with Crippen LogP contribution in [0.25, 0.3) is 11.3 Å². The largest absolute Gasteiger partial charge is 0.383 e. The molecule has 2 N–H and O–H groups in total. The highest BCUT2D eigenvalue weighted by atomic mass is 16.5. The fraction of sp³-hybridized carbons (Fsp3) is 0.261. The summed E-state index contributed by atoms with van der Waals surface area (Å²) in [7, 11) is 3.45. The summed E-state index contributed by atoms with van der Waals surface area (Å²) in [5, 5.41) is 11.4. The van der Waals surface area contributed by atoms with Crippen molar-refractivity contribution in [1.29, 1.82) is 5.41 Å². The molecule has 0 radical (unpaired) electrons. The average Bonchev–Trinajstić information content (AvgIpc) is 2.79. The van der Waals surface area contributed by atoms with Crippen molar-refractivity contribution in [3.05, 3.63) is 82.2 Å². The number of carbonyl (C=O) groups excluding carboxylic acids is 1. The van der Waals surface area contributed by atoms with Crippen molar-refractivity contribution in [3.63, 3.8) is 0 Å². The summed E-state index contributed by atoms with van der Waals surface area (Å²) in [6.45, 7) is 1.57. The number of aromatic nitrogens is 3. The van der Waals surface area contributed by atoms with Crippen LogP contribution in [0.4, 0.5) is 0 Å². The molecule has 160 valence electrons. The first-order valence-electron chi connectivity index (χ1n) is 9.88.